The molecule has 7 heteroatoms. The molecular formula is C16H18N4O2S. The van der Waals surface area contributed by atoms with Crippen LogP contribution >= 0.6 is 0 Å². The van der Waals surface area contributed by atoms with Gasteiger partial charge in [0.05, 0.1) is 11.5 Å². The molecule has 3 aromatic rings. The Hall–Kier alpha value is -2.15. The lowest BCUT2D eigenvalue weighted by Gasteiger charge is -2.28. The maximum absolute atomic E-state index is 11.8. The average molecular weight is 330 g/mol. The van der Waals surface area contributed by atoms with E-state index >= 15 is 0 Å². The second-order valence-corrected chi connectivity index (χ2v) is 8.16. The number of aromatic nitrogens is 3. The van der Waals surface area contributed by atoms with Crippen molar-refractivity contribution in [1.82, 2.24) is 15.0 Å². The van der Waals surface area contributed by atoms with Gasteiger partial charge in [-0.3, -0.25) is 0 Å². The molecule has 0 spiro atoms. The molecule has 120 valence electrons. The SMILES string of the molecule is CCN(c1ncnc2c1[nH]c1ccccc12)C1CCS(=O)(=O)C1. The van der Waals surface area contributed by atoms with Crippen LogP contribution in [-0.2, 0) is 9.84 Å². The number of H-pyrrole nitrogens is 1. The number of benzene rings is 1. The summed E-state index contributed by atoms with van der Waals surface area (Å²) in [5.41, 5.74) is 2.77. The highest BCUT2D eigenvalue weighted by Crippen LogP contribution is 2.31. The zero-order valence-electron chi connectivity index (χ0n) is 12.9. The quantitative estimate of drug-likeness (QED) is 0.796. The van der Waals surface area contributed by atoms with E-state index in [0.29, 0.717) is 13.0 Å². The molecule has 23 heavy (non-hydrogen) atoms. The number of rotatable bonds is 3. The molecule has 1 unspecified atom stereocenters. The summed E-state index contributed by atoms with van der Waals surface area (Å²) in [6, 6.07) is 7.98. The van der Waals surface area contributed by atoms with Crippen LogP contribution in [0.15, 0.2) is 30.6 Å². The number of hydrogen-bond acceptors (Lipinski definition) is 5. The van der Waals surface area contributed by atoms with Crippen molar-refractivity contribution in [2.45, 2.75) is 19.4 Å². The molecule has 0 amide bonds. The van der Waals surface area contributed by atoms with Crippen molar-refractivity contribution in [1.29, 1.82) is 0 Å². The lowest BCUT2D eigenvalue weighted by Crippen LogP contribution is -2.36. The Labute approximate surface area is 134 Å². The van der Waals surface area contributed by atoms with E-state index in [2.05, 4.69) is 19.9 Å². The van der Waals surface area contributed by atoms with Gasteiger partial charge < -0.3 is 9.88 Å². The molecule has 0 bridgehead atoms. The van der Waals surface area contributed by atoms with Crippen LogP contribution in [0.2, 0.25) is 0 Å². The minimum Gasteiger partial charge on any atom is -0.351 e. The number of anilines is 1. The monoisotopic (exact) mass is 330 g/mol. The minimum absolute atomic E-state index is 0.0190. The number of nitrogens with zero attached hydrogens (tertiary/aromatic N) is 3. The van der Waals surface area contributed by atoms with Crippen LogP contribution in [0.25, 0.3) is 21.9 Å². The molecule has 1 atom stereocenters. The Morgan fingerprint density at radius 3 is 2.87 bits per heavy atom. The summed E-state index contributed by atoms with van der Waals surface area (Å²) in [4.78, 5) is 14.3. The Bertz CT molecular complexity index is 980. The van der Waals surface area contributed by atoms with Gasteiger partial charge in [-0.25, -0.2) is 18.4 Å². The Kier molecular flexibility index (Phi) is 3.26. The van der Waals surface area contributed by atoms with Gasteiger partial charge in [0.1, 0.15) is 17.4 Å². The molecule has 0 aliphatic carbocycles. The molecule has 1 aliphatic heterocycles. The zero-order valence-corrected chi connectivity index (χ0v) is 13.7. The smallest absolute Gasteiger partial charge is 0.156 e. The summed E-state index contributed by atoms with van der Waals surface area (Å²) in [5.74, 6) is 1.25. The van der Waals surface area contributed by atoms with Gasteiger partial charge in [0, 0.05) is 23.5 Å². The van der Waals surface area contributed by atoms with Gasteiger partial charge in [-0.15, -0.1) is 0 Å². The van der Waals surface area contributed by atoms with Gasteiger partial charge >= 0.3 is 0 Å². The van der Waals surface area contributed by atoms with E-state index < -0.39 is 9.84 Å². The predicted molar refractivity (Wildman–Crippen MR) is 91.5 cm³/mol. The zero-order chi connectivity index (χ0) is 16.0. The van der Waals surface area contributed by atoms with Crippen LogP contribution < -0.4 is 4.90 Å². The fourth-order valence-electron chi connectivity index (χ4n) is 3.45. The maximum atomic E-state index is 11.8. The van der Waals surface area contributed by atoms with Crippen molar-refractivity contribution in [2.24, 2.45) is 0 Å². The molecule has 4 rings (SSSR count). The van der Waals surface area contributed by atoms with E-state index in [1.54, 1.807) is 6.33 Å². The van der Waals surface area contributed by atoms with E-state index in [1.165, 1.54) is 0 Å². The van der Waals surface area contributed by atoms with E-state index in [-0.39, 0.29) is 17.5 Å². The van der Waals surface area contributed by atoms with Gasteiger partial charge in [0.25, 0.3) is 0 Å². The molecule has 1 fully saturated rings. The number of fused-ring (bicyclic) bond motifs is 3. The molecule has 1 aliphatic rings. The number of aromatic amines is 1. The van der Waals surface area contributed by atoms with Gasteiger partial charge in [0.15, 0.2) is 15.7 Å². The van der Waals surface area contributed by atoms with E-state index in [0.717, 1.165) is 27.8 Å². The van der Waals surface area contributed by atoms with Crippen LogP contribution in [-0.4, -0.2) is 47.5 Å². The highest BCUT2D eigenvalue weighted by molar-refractivity contribution is 7.91. The Morgan fingerprint density at radius 1 is 1.30 bits per heavy atom. The summed E-state index contributed by atoms with van der Waals surface area (Å²) in [7, 11) is -2.93. The summed E-state index contributed by atoms with van der Waals surface area (Å²) in [5, 5.41) is 1.06. The molecule has 6 nitrogen and oxygen atoms in total. The number of nitrogens with one attached hydrogen (secondary N) is 1. The average Bonchev–Trinajstić information content (AvgIpc) is 3.09. The van der Waals surface area contributed by atoms with E-state index in [9.17, 15) is 8.42 Å². The Balaban J connectivity index is 1.87. The van der Waals surface area contributed by atoms with Crippen LogP contribution in [0.1, 0.15) is 13.3 Å². The molecule has 3 heterocycles. The number of hydrogen-bond donors (Lipinski definition) is 1. The van der Waals surface area contributed by atoms with E-state index in [1.807, 2.05) is 31.2 Å². The van der Waals surface area contributed by atoms with Crippen molar-refractivity contribution in [2.75, 3.05) is 23.0 Å². The molecule has 1 saturated heterocycles. The number of para-hydroxylation sites is 1. The first-order valence-corrected chi connectivity index (χ1v) is 9.59. The van der Waals surface area contributed by atoms with Crippen molar-refractivity contribution in [3.8, 4) is 0 Å². The topological polar surface area (TPSA) is 79.0 Å². The van der Waals surface area contributed by atoms with Crippen molar-refractivity contribution in [3.05, 3.63) is 30.6 Å². The van der Waals surface area contributed by atoms with Crippen molar-refractivity contribution in [3.63, 3.8) is 0 Å². The highest BCUT2D eigenvalue weighted by Gasteiger charge is 2.33. The second kappa shape index (κ2) is 5.19. The first-order valence-electron chi connectivity index (χ1n) is 7.77. The minimum atomic E-state index is -2.93. The van der Waals surface area contributed by atoms with Crippen LogP contribution in [0.3, 0.4) is 0 Å². The third-order valence-corrected chi connectivity index (χ3v) is 6.28. The first-order chi connectivity index (χ1) is 11.1. The Morgan fingerprint density at radius 2 is 2.13 bits per heavy atom. The third kappa shape index (κ3) is 2.35. The highest BCUT2D eigenvalue weighted by atomic mass is 32.2. The third-order valence-electron chi connectivity index (χ3n) is 4.53. The standard InChI is InChI=1S/C16H18N4O2S/c1-2-20(11-7-8-23(21,22)9-11)16-15-14(17-10-18-16)12-5-3-4-6-13(12)19-15/h3-6,10-11,19H,2,7-9H2,1H3. The van der Waals surface area contributed by atoms with Crippen LogP contribution in [0.5, 0.6) is 0 Å². The van der Waals surface area contributed by atoms with Gasteiger partial charge in [0.2, 0.25) is 0 Å². The summed E-state index contributed by atoms with van der Waals surface area (Å²) < 4.78 is 23.7. The molecule has 0 radical (unpaired) electrons. The predicted octanol–water partition coefficient (Wildman–Crippen LogP) is 2.12. The largest absolute Gasteiger partial charge is 0.351 e. The fourth-order valence-corrected chi connectivity index (χ4v) is 5.18. The summed E-state index contributed by atoms with van der Waals surface area (Å²) in [6.07, 6.45) is 2.21. The van der Waals surface area contributed by atoms with Crippen molar-refractivity contribution >= 4 is 37.6 Å². The van der Waals surface area contributed by atoms with Gasteiger partial charge in [-0.1, -0.05) is 18.2 Å². The first kappa shape index (κ1) is 14.4. The molecule has 0 saturated carbocycles. The van der Waals surface area contributed by atoms with Gasteiger partial charge in [-0.05, 0) is 19.4 Å². The lowest BCUT2D eigenvalue weighted by atomic mass is 10.2. The van der Waals surface area contributed by atoms with Crippen LogP contribution in [0, 0.1) is 0 Å². The summed E-state index contributed by atoms with van der Waals surface area (Å²) in [6.45, 7) is 2.74. The normalized spacial score (nSPS) is 20.3. The van der Waals surface area contributed by atoms with Gasteiger partial charge in [-0.2, -0.15) is 0 Å². The van der Waals surface area contributed by atoms with Crippen molar-refractivity contribution < 1.29 is 8.42 Å². The molecule has 1 N–H and O–H groups in total. The fraction of sp³-hybridized carbons (Fsp3) is 0.375. The molecular weight excluding hydrogens is 312 g/mol. The maximum Gasteiger partial charge on any atom is 0.156 e. The van der Waals surface area contributed by atoms with Crippen LogP contribution in [0.4, 0.5) is 5.82 Å². The van der Waals surface area contributed by atoms with E-state index in [4.69, 9.17) is 0 Å². The molecule has 1 aromatic carbocycles. The second-order valence-electron chi connectivity index (χ2n) is 5.93. The summed E-state index contributed by atoms with van der Waals surface area (Å²) >= 11 is 0. The number of sulfone groups is 1. The lowest BCUT2D eigenvalue weighted by molar-refractivity contribution is 0.599. The molecule has 2 aromatic heterocycles.